The number of hydrogen-bond donors (Lipinski definition) is 1. The highest BCUT2D eigenvalue weighted by atomic mass is 15.2. The molecule has 1 atom stereocenters. The molecule has 1 fully saturated rings. The first-order valence-corrected chi connectivity index (χ1v) is 7.08. The molecule has 1 heterocycles. The van der Waals surface area contributed by atoms with Crippen LogP contribution in [-0.2, 0) is 0 Å². The van der Waals surface area contributed by atoms with E-state index in [1.165, 1.54) is 18.5 Å². The molecule has 1 saturated heterocycles. The minimum Gasteiger partial charge on any atom is -0.316 e. The molecule has 0 aliphatic carbocycles. The maximum absolute atomic E-state index is 3.55. The smallest absolute Gasteiger partial charge is 0.0320 e. The minimum absolute atomic E-state index is 0.351. The van der Waals surface area contributed by atoms with E-state index >= 15 is 0 Å². The van der Waals surface area contributed by atoms with Crippen LogP contribution in [-0.4, -0.2) is 31.1 Å². The monoisotopic (exact) mass is 246 g/mol. The van der Waals surface area contributed by atoms with Crippen LogP contribution in [0, 0.1) is 5.41 Å². The maximum Gasteiger partial charge on any atom is 0.0320 e. The van der Waals surface area contributed by atoms with Crippen molar-refractivity contribution in [2.45, 2.75) is 33.2 Å². The molecule has 1 unspecified atom stereocenters. The summed E-state index contributed by atoms with van der Waals surface area (Å²) in [5, 5.41) is 3.55. The third-order valence-electron chi connectivity index (χ3n) is 3.86. The number of nitrogens with zero attached hydrogens (tertiary/aromatic N) is 1. The van der Waals surface area contributed by atoms with Gasteiger partial charge in [-0.25, -0.2) is 0 Å². The predicted molar refractivity (Wildman–Crippen MR) is 77.7 cm³/mol. The SMILES string of the molecule is CC(c1ccccc1)N1CCCNCC(C)(C)C1. The zero-order valence-electron chi connectivity index (χ0n) is 11.9. The molecule has 18 heavy (non-hydrogen) atoms. The molecule has 0 amide bonds. The second-order valence-corrected chi connectivity index (χ2v) is 6.25. The van der Waals surface area contributed by atoms with Gasteiger partial charge in [-0.3, -0.25) is 4.90 Å². The summed E-state index contributed by atoms with van der Waals surface area (Å²) in [6, 6.07) is 11.4. The Kier molecular flexibility index (Phi) is 4.41. The number of hydrogen-bond acceptors (Lipinski definition) is 2. The highest BCUT2D eigenvalue weighted by Gasteiger charge is 2.26. The van der Waals surface area contributed by atoms with Crippen molar-refractivity contribution in [2.75, 3.05) is 26.2 Å². The van der Waals surface area contributed by atoms with Gasteiger partial charge in [0.15, 0.2) is 0 Å². The molecular weight excluding hydrogens is 220 g/mol. The van der Waals surface area contributed by atoms with Crippen molar-refractivity contribution < 1.29 is 0 Å². The summed E-state index contributed by atoms with van der Waals surface area (Å²) in [5.74, 6) is 0. The summed E-state index contributed by atoms with van der Waals surface area (Å²) < 4.78 is 0. The first-order chi connectivity index (χ1) is 8.58. The Labute approximate surface area is 111 Å². The van der Waals surface area contributed by atoms with Gasteiger partial charge >= 0.3 is 0 Å². The van der Waals surface area contributed by atoms with E-state index in [9.17, 15) is 0 Å². The molecule has 2 nitrogen and oxygen atoms in total. The Hall–Kier alpha value is -0.860. The molecule has 0 spiro atoms. The van der Waals surface area contributed by atoms with E-state index in [4.69, 9.17) is 0 Å². The van der Waals surface area contributed by atoms with E-state index in [0.29, 0.717) is 11.5 Å². The fraction of sp³-hybridized carbons (Fsp3) is 0.625. The molecule has 2 rings (SSSR count). The van der Waals surface area contributed by atoms with E-state index in [2.05, 4.69) is 61.3 Å². The molecule has 0 radical (unpaired) electrons. The molecule has 0 saturated carbocycles. The van der Waals surface area contributed by atoms with E-state index in [1.807, 2.05) is 0 Å². The first-order valence-electron chi connectivity index (χ1n) is 7.08. The van der Waals surface area contributed by atoms with Crippen molar-refractivity contribution in [3.8, 4) is 0 Å². The molecule has 100 valence electrons. The second-order valence-electron chi connectivity index (χ2n) is 6.25. The van der Waals surface area contributed by atoms with E-state index in [-0.39, 0.29) is 0 Å². The molecular formula is C16H26N2. The zero-order chi connectivity index (χ0) is 13.0. The number of benzene rings is 1. The fourth-order valence-electron chi connectivity index (χ4n) is 2.79. The summed E-state index contributed by atoms with van der Waals surface area (Å²) in [6.45, 7) is 11.7. The molecule has 1 aliphatic rings. The van der Waals surface area contributed by atoms with Gasteiger partial charge in [0.2, 0.25) is 0 Å². The molecule has 1 N–H and O–H groups in total. The van der Waals surface area contributed by atoms with Crippen molar-refractivity contribution in [1.82, 2.24) is 10.2 Å². The average molecular weight is 246 g/mol. The average Bonchev–Trinajstić information content (AvgIpc) is 2.34. The van der Waals surface area contributed by atoms with E-state index in [1.54, 1.807) is 0 Å². The van der Waals surface area contributed by atoms with Crippen molar-refractivity contribution in [3.63, 3.8) is 0 Å². The molecule has 0 bridgehead atoms. The van der Waals surface area contributed by atoms with Crippen molar-refractivity contribution in [1.29, 1.82) is 0 Å². The van der Waals surface area contributed by atoms with Crippen LogP contribution in [0.4, 0.5) is 0 Å². The van der Waals surface area contributed by atoms with Gasteiger partial charge < -0.3 is 5.32 Å². The zero-order valence-corrected chi connectivity index (χ0v) is 11.9. The molecule has 2 heteroatoms. The minimum atomic E-state index is 0.351. The third-order valence-corrected chi connectivity index (χ3v) is 3.86. The van der Waals surface area contributed by atoms with Gasteiger partial charge in [0, 0.05) is 19.1 Å². The van der Waals surface area contributed by atoms with Gasteiger partial charge in [0.1, 0.15) is 0 Å². The first kappa shape index (κ1) is 13.6. The summed E-state index contributed by atoms with van der Waals surface area (Å²) in [4.78, 5) is 2.64. The quantitative estimate of drug-likeness (QED) is 0.863. The van der Waals surface area contributed by atoms with Gasteiger partial charge in [-0.05, 0) is 37.4 Å². The molecule has 1 aliphatic heterocycles. The van der Waals surface area contributed by atoms with Crippen LogP contribution in [0.3, 0.4) is 0 Å². The third kappa shape index (κ3) is 3.56. The van der Waals surface area contributed by atoms with Gasteiger partial charge in [0.25, 0.3) is 0 Å². The van der Waals surface area contributed by atoms with Crippen LogP contribution in [0.2, 0.25) is 0 Å². The second kappa shape index (κ2) is 5.85. The van der Waals surface area contributed by atoms with Crippen LogP contribution in [0.25, 0.3) is 0 Å². The summed E-state index contributed by atoms with van der Waals surface area (Å²) >= 11 is 0. The van der Waals surface area contributed by atoms with Crippen molar-refractivity contribution in [3.05, 3.63) is 35.9 Å². The summed E-state index contributed by atoms with van der Waals surface area (Å²) in [7, 11) is 0. The molecule has 0 aromatic heterocycles. The van der Waals surface area contributed by atoms with Crippen molar-refractivity contribution in [2.24, 2.45) is 5.41 Å². The van der Waals surface area contributed by atoms with E-state index in [0.717, 1.165) is 19.6 Å². The van der Waals surface area contributed by atoms with Crippen LogP contribution in [0.5, 0.6) is 0 Å². The fourth-order valence-corrected chi connectivity index (χ4v) is 2.79. The lowest BCUT2D eigenvalue weighted by Crippen LogP contribution is -2.45. The topological polar surface area (TPSA) is 15.3 Å². The maximum atomic E-state index is 3.55. The lowest BCUT2D eigenvalue weighted by molar-refractivity contribution is 0.120. The lowest BCUT2D eigenvalue weighted by Gasteiger charge is -2.38. The van der Waals surface area contributed by atoms with Crippen LogP contribution in [0.15, 0.2) is 30.3 Å². The Morgan fingerprint density at radius 1 is 1.22 bits per heavy atom. The van der Waals surface area contributed by atoms with E-state index < -0.39 is 0 Å². The lowest BCUT2D eigenvalue weighted by atomic mass is 9.90. The normalized spacial score (nSPS) is 23.1. The number of nitrogens with one attached hydrogen (secondary N) is 1. The largest absolute Gasteiger partial charge is 0.316 e. The van der Waals surface area contributed by atoms with Gasteiger partial charge in [-0.15, -0.1) is 0 Å². The van der Waals surface area contributed by atoms with Gasteiger partial charge in [0.05, 0.1) is 0 Å². The Balaban J connectivity index is 2.09. The summed E-state index contributed by atoms with van der Waals surface area (Å²) in [6.07, 6.45) is 1.24. The molecule has 1 aromatic carbocycles. The highest BCUT2D eigenvalue weighted by molar-refractivity contribution is 5.18. The Bertz CT molecular complexity index is 359. The van der Waals surface area contributed by atoms with Crippen LogP contribution < -0.4 is 5.32 Å². The molecule has 1 aromatic rings. The Morgan fingerprint density at radius 2 is 1.94 bits per heavy atom. The van der Waals surface area contributed by atoms with Crippen LogP contribution >= 0.6 is 0 Å². The van der Waals surface area contributed by atoms with Gasteiger partial charge in [-0.2, -0.15) is 0 Å². The van der Waals surface area contributed by atoms with Gasteiger partial charge in [-0.1, -0.05) is 44.2 Å². The standard InChI is InChI=1S/C16H26N2/c1-14(15-8-5-4-6-9-15)18-11-7-10-17-12-16(2,3)13-18/h4-6,8-9,14,17H,7,10-13H2,1-3H3. The van der Waals surface area contributed by atoms with Crippen molar-refractivity contribution >= 4 is 0 Å². The highest BCUT2D eigenvalue weighted by Crippen LogP contribution is 2.26. The van der Waals surface area contributed by atoms with Crippen LogP contribution in [0.1, 0.15) is 38.8 Å². The predicted octanol–water partition coefficient (Wildman–Crippen LogP) is 3.07. The summed E-state index contributed by atoms with van der Waals surface area (Å²) in [5.41, 5.74) is 1.78. The number of rotatable bonds is 2. The Morgan fingerprint density at radius 3 is 2.67 bits per heavy atom.